The average molecular weight is 259 g/mol. The van der Waals surface area contributed by atoms with Crippen LogP contribution in [-0.4, -0.2) is 27.5 Å². The molecule has 0 spiro atoms. The number of carbonyl (C=O) groups excluding carboxylic acids is 1. The summed E-state index contributed by atoms with van der Waals surface area (Å²) in [6.07, 6.45) is 7.57. The van der Waals surface area contributed by atoms with E-state index in [1.807, 2.05) is 7.05 Å². The summed E-state index contributed by atoms with van der Waals surface area (Å²) < 4.78 is 1.76. The number of imidazole rings is 1. The number of hydrogen-bond donors (Lipinski definition) is 2. The highest BCUT2D eigenvalue weighted by Crippen LogP contribution is 2.28. The van der Waals surface area contributed by atoms with Crippen molar-refractivity contribution in [1.82, 2.24) is 14.9 Å². The van der Waals surface area contributed by atoms with E-state index in [1.165, 1.54) is 0 Å². The van der Waals surface area contributed by atoms with Crippen molar-refractivity contribution in [2.24, 2.45) is 12.8 Å². The number of aromatic nitrogens is 2. The second-order valence-corrected chi connectivity index (χ2v) is 4.57. The van der Waals surface area contributed by atoms with E-state index in [-0.39, 0.29) is 23.9 Å². The first-order chi connectivity index (χ1) is 7.65. The fraction of sp³-hybridized carbons (Fsp3) is 0.636. The van der Waals surface area contributed by atoms with Gasteiger partial charge in [-0.2, -0.15) is 0 Å². The second kappa shape index (κ2) is 5.51. The molecule has 17 heavy (non-hydrogen) atoms. The zero-order valence-corrected chi connectivity index (χ0v) is 10.8. The third-order valence-electron chi connectivity index (χ3n) is 3.27. The third-order valence-corrected chi connectivity index (χ3v) is 3.27. The normalized spacial score (nSPS) is 17.5. The van der Waals surface area contributed by atoms with E-state index in [9.17, 15) is 4.79 Å². The third kappa shape index (κ3) is 2.98. The minimum Gasteiger partial charge on any atom is -0.344 e. The van der Waals surface area contributed by atoms with Gasteiger partial charge in [-0.05, 0) is 12.8 Å². The van der Waals surface area contributed by atoms with Crippen molar-refractivity contribution in [2.45, 2.75) is 31.2 Å². The number of rotatable bonds is 3. The summed E-state index contributed by atoms with van der Waals surface area (Å²) in [6.45, 7) is 0.506. The zero-order chi connectivity index (χ0) is 11.6. The molecule has 1 aliphatic carbocycles. The molecule has 0 radical (unpaired) electrons. The minimum atomic E-state index is -0.200. The Labute approximate surface area is 107 Å². The number of nitrogens with one attached hydrogen (secondary N) is 1. The van der Waals surface area contributed by atoms with Gasteiger partial charge in [-0.3, -0.25) is 4.79 Å². The van der Waals surface area contributed by atoms with E-state index in [2.05, 4.69) is 10.3 Å². The quantitative estimate of drug-likeness (QED) is 0.844. The maximum atomic E-state index is 11.9. The predicted molar refractivity (Wildman–Crippen MR) is 68.2 cm³/mol. The van der Waals surface area contributed by atoms with Gasteiger partial charge in [-0.15, -0.1) is 12.4 Å². The molecule has 1 saturated carbocycles. The molecule has 3 N–H and O–H groups in total. The van der Waals surface area contributed by atoms with Gasteiger partial charge in [0.1, 0.15) is 5.69 Å². The van der Waals surface area contributed by atoms with Gasteiger partial charge in [0.05, 0.1) is 11.9 Å². The Kier molecular flexibility index (Phi) is 4.54. The lowest BCUT2D eigenvalue weighted by Gasteiger charge is -2.28. The first-order valence-electron chi connectivity index (χ1n) is 5.66. The van der Waals surface area contributed by atoms with E-state index in [0.29, 0.717) is 12.2 Å². The van der Waals surface area contributed by atoms with E-state index in [0.717, 1.165) is 25.7 Å². The Morgan fingerprint density at radius 2 is 2.24 bits per heavy atom. The topological polar surface area (TPSA) is 72.9 Å². The number of aryl methyl sites for hydroxylation is 1. The van der Waals surface area contributed by atoms with E-state index < -0.39 is 0 Å². The zero-order valence-electron chi connectivity index (χ0n) is 9.98. The molecule has 2 rings (SSSR count). The molecule has 0 saturated heterocycles. The SMILES string of the molecule is Cl.Cn1cnc(C(=O)NC2(CN)CCCC2)c1. The molecule has 0 bridgehead atoms. The fourth-order valence-corrected chi connectivity index (χ4v) is 2.27. The molecule has 96 valence electrons. The van der Waals surface area contributed by atoms with Crippen molar-refractivity contribution in [3.63, 3.8) is 0 Å². The van der Waals surface area contributed by atoms with Crippen molar-refractivity contribution in [2.75, 3.05) is 6.54 Å². The van der Waals surface area contributed by atoms with Gasteiger partial charge >= 0.3 is 0 Å². The van der Waals surface area contributed by atoms with Crippen LogP contribution in [0.15, 0.2) is 12.5 Å². The van der Waals surface area contributed by atoms with Crippen LogP contribution in [0.25, 0.3) is 0 Å². The molecule has 1 fully saturated rings. The summed E-state index contributed by atoms with van der Waals surface area (Å²) in [5, 5.41) is 3.03. The van der Waals surface area contributed by atoms with Gasteiger partial charge < -0.3 is 15.6 Å². The average Bonchev–Trinajstić information content (AvgIpc) is 2.88. The molecule has 6 heteroatoms. The smallest absolute Gasteiger partial charge is 0.271 e. The predicted octanol–water partition coefficient (Wildman–Crippen LogP) is 0.843. The van der Waals surface area contributed by atoms with Gasteiger partial charge in [0.15, 0.2) is 0 Å². The lowest BCUT2D eigenvalue weighted by Crippen LogP contribution is -2.51. The summed E-state index contributed by atoms with van der Waals surface area (Å²) in [7, 11) is 1.85. The summed E-state index contributed by atoms with van der Waals surface area (Å²) in [6, 6.07) is 0. The number of carbonyl (C=O) groups is 1. The van der Waals surface area contributed by atoms with Crippen molar-refractivity contribution in [3.8, 4) is 0 Å². The molecule has 1 amide bonds. The van der Waals surface area contributed by atoms with Crippen LogP contribution in [0.2, 0.25) is 0 Å². The highest BCUT2D eigenvalue weighted by atomic mass is 35.5. The maximum Gasteiger partial charge on any atom is 0.271 e. The molecular formula is C11H19ClN4O. The van der Waals surface area contributed by atoms with Crippen LogP contribution < -0.4 is 11.1 Å². The highest BCUT2D eigenvalue weighted by molar-refractivity contribution is 5.92. The monoisotopic (exact) mass is 258 g/mol. The van der Waals surface area contributed by atoms with Crippen LogP contribution in [-0.2, 0) is 7.05 Å². The van der Waals surface area contributed by atoms with Crippen LogP contribution in [0, 0.1) is 0 Å². The molecule has 1 aliphatic rings. The first kappa shape index (κ1) is 14.0. The second-order valence-electron chi connectivity index (χ2n) is 4.57. The summed E-state index contributed by atoms with van der Waals surface area (Å²) >= 11 is 0. The minimum absolute atomic E-state index is 0. The first-order valence-corrected chi connectivity index (χ1v) is 5.66. The number of amides is 1. The lowest BCUT2D eigenvalue weighted by atomic mass is 9.98. The van der Waals surface area contributed by atoms with Crippen LogP contribution in [0.3, 0.4) is 0 Å². The number of nitrogens with two attached hydrogens (primary N) is 1. The van der Waals surface area contributed by atoms with Crippen molar-refractivity contribution < 1.29 is 4.79 Å². The Hall–Kier alpha value is -1.07. The van der Waals surface area contributed by atoms with Gasteiger partial charge in [0.2, 0.25) is 0 Å². The number of nitrogens with zero attached hydrogens (tertiary/aromatic N) is 2. The fourth-order valence-electron chi connectivity index (χ4n) is 2.27. The molecule has 0 unspecified atom stereocenters. The van der Waals surface area contributed by atoms with Crippen LogP contribution >= 0.6 is 12.4 Å². The molecule has 1 heterocycles. The van der Waals surface area contributed by atoms with Crippen LogP contribution in [0.1, 0.15) is 36.2 Å². The molecule has 0 aliphatic heterocycles. The van der Waals surface area contributed by atoms with Gasteiger partial charge in [-0.1, -0.05) is 12.8 Å². The Morgan fingerprint density at radius 1 is 1.59 bits per heavy atom. The van der Waals surface area contributed by atoms with Crippen molar-refractivity contribution >= 4 is 18.3 Å². The van der Waals surface area contributed by atoms with E-state index in [1.54, 1.807) is 17.1 Å². The standard InChI is InChI=1S/C11H18N4O.ClH/c1-15-6-9(13-8-15)10(16)14-11(7-12)4-2-3-5-11;/h6,8H,2-5,7,12H2,1H3,(H,14,16);1H. The Balaban J connectivity index is 0.00000144. The van der Waals surface area contributed by atoms with Gasteiger partial charge in [-0.25, -0.2) is 4.98 Å². The maximum absolute atomic E-state index is 11.9. The highest BCUT2D eigenvalue weighted by Gasteiger charge is 2.34. The van der Waals surface area contributed by atoms with Crippen LogP contribution in [0.5, 0.6) is 0 Å². The van der Waals surface area contributed by atoms with Crippen LogP contribution in [0.4, 0.5) is 0 Å². The van der Waals surface area contributed by atoms with E-state index in [4.69, 9.17) is 5.73 Å². The molecule has 5 nitrogen and oxygen atoms in total. The molecule has 1 aromatic heterocycles. The molecule has 0 atom stereocenters. The molecule has 0 aromatic carbocycles. The lowest BCUT2D eigenvalue weighted by molar-refractivity contribution is 0.0898. The summed E-state index contributed by atoms with van der Waals surface area (Å²) in [5.41, 5.74) is 6.02. The summed E-state index contributed by atoms with van der Waals surface area (Å²) in [4.78, 5) is 16.0. The van der Waals surface area contributed by atoms with Gasteiger partial charge in [0, 0.05) is 19.8 Å². The Bertz CT molecular complexity index is 385. The number of halogens is 1. The van der Waals surface area contributed by atoms with Crippen molar-refractivity contribution in [1.29, 1.82) is 0 Å². The number of hydrogen-bond acceptors (Lipinski definition) is 3. The largest absolute Gasteiger partial charge is 0.344 e. The van der Waals surface area contributed by atoms with E-state index >= 15 is 0 Å². The van der Waals surface area contributed by atoms with Crippen molar-refractivity contribution in [3.05, 3.63) is 18.2 Å². The molecular weight excluding hydrogens is 240 g/mol. The Morgan fingerprint density at radius 3 is 2.71 bits per heavy atom. The molecule has 1 aromatic rings. The summed E-state index contributed by atoms with van der Waals surface area (Å²) in [5.74, 6) is -0.118. The van der Waals surface area contributed by atoms with Gasteiger partial charge in [0.25, 0.3) is 5.91 Å².